The van der Waals surface area contributed by atoms with Gasteiger partial charge >= 0.3 is 0 Å². The van der Waals surface area contributed by atoms with E-state index in [1.165, 1.54) is 25.7 Å². The normalized spacial score (nSPS) is 27.9. The summed E-state index contributed by atoms with van der Waals surface area (Å²) in [6.45, 7) is 2.29. The summed E-state index contributed by atoms with van der Waals surface area (Å²) in [6, 6.07) is 0.216. The molecule has 3 N–H and O–H groups in total. The van der Waals surface area contributed by atoms with Crippen LogP contribution in [0.3, 0.4) is 0 Å². The summed E-state index contributed by atoms with van der Waals surface area (Å²) in [5.74, 6) is 0.842. The number of imidazole rings is 1. The predicted molar refractivity (Wildman–Crippen MR) is 62.9 cm³/mol. The molecule has 1 unspecified atom stereocenters. The van der Waals surface area contributed by atoms with Crippen LogP contribution in [0, 0.1) is 5.92 Å². The Morgan fingerprint density at radius 3 is 2.81 bits per heavy atom. The summed E-state index contributed by atoms with van der Waals surface area (Å²) in [5, 5.41) is 9.11. The molecule has 4 nitrogen and oxygen atoms in total. The quantitative estimate of drug-likeness (QED) is 0.818. The zero-order valence-corrected chi connectivity index (χ0v) is 9.84. The lowest BCUT2D eigenvalue weighted by Crippen LogP contribution is -2.23. The molecule has 1 fully saturated rings. The van der Waals surface area contributed by atoms with Gasteiger partial charge in [0.25, 0.3) is 0 Å². The first-order valence-electron chi connectivity index (χ1n) is 6.10. The number of aromatic nitrogens is 2. The third-order valence-electron chi connectivity index (χ3n) is 3.65. The second kappa shape index (κ2) is 4.97. The highest BCUT2D eigenvalue weighted by Crippen LogP contribution is 2.33. The highest BCUT2D eigenvalue weighted by molar-refractivity contribution is 5.06. The first-order chi connectivity index (χ1) is 7.72. The Kier molecular flexibility index (Phi) is 3.61. The molecule has 1 heterocycles. The topological polar surface area (TPSA) is 64.1 Å². The van der Waals surface area contributed by atoms with Crippen LogP contribution in [-0.4, -0.2) is 21.3 Å². The monoisotopic (exact) mass is 223 g/mol. The summed E-state index contributed by atoms with van der Waals surface area (Å²) in [5.41, 5.74) is 6.82. The molecule has 90 valence electrons. The molecule has 0 amide bonds. The molecule has 0 spiro atoms. The van der Waals surface area contributed by atoms with Gasteiger partial charge in [0, 0.05) is 12.2 Å². The van der Waals surface area contributed by atoms with E-state index in [0.29, 0.717) is 6.04 Å². The Labute approximate surface area is 96.5 Å². The molecule has 1 atom stereocenters. The van der Waals surface area contributed by atoms with E-state index < -0.39 is 0 Å². The predicted octanol–water partition coefficient (Wildman–Crippen LogP) is 1.63. The van der Waals surface area contributed by atoms with E-state index in [1.807, 2.05) is 6.33 Å². The van der Waals surface area contributed by atoms with Gasteiger partial charge in [-0.25, -0.2) is 4.98 Å². The van der Waals surface area contributed by atoms with Crippen LogP contribution in [-0.2, 0) is 0 Å². The van der Waals surface area contributed by atoms with Crippen molar-refractivity contribution in [1.82, 2.24) is 9.55 Å². The second-order valence-electron chi connectivity index (χ2n) is 4.93. The standard InChI is InChI=1S/C12H21N3O/c1-9-2-4-10(5-3-9)15-8-14-6-12(15)11(13)7-16/h6,8-11,16H,2-5,7,13H2,1H3. The Bertz CT molecular complexity index is 329. The molecular weight excluding hydrogens is 202 g/mol. The smallest absolute Gasteiger partial charge is 0.0951 e. The van der Waals surface area contributed by atoms with Gasteiger partial charge in [-0.3, -0.25) is 0 Å². The fourth-order valence-electron chi connectivity index (χ4n) is 2.52. The van der Waals surface area contributed by atoms with Crippen molar-refractivity contribution in [2.45, 2.75) is 44.7 Å². The number of hydrogen-bond acceptors (Lipinski definition) is 3. The van der Waals surface area contributed by atoms with E-state index in [9.17, 15) is 0 Å². The lowest BCUT2D eigenvalue weighted by atomic mass is 9.87. The van der Waals surface area contributed by atoms with Crippen molar-refractivity contribution in [3.63, 3.8) is 0 Å². The third kappa shape index (κ3) is 2.28. The molecule has 1 saturated carbocycles. The Morgan fingerprint density at radius 1 is 1.50 bits per heavy atom. The van der Waals surface area contributed by atoms with Gasteiger partial charge < -0.3 is 15.4 Å². The van der Waals surface area contributed by atoms with E-state index in [-0.39, 0.29) is 12.6 Å². The molecule has 0 aromatic carbocycles. The van der Waals surface area contributed by atoms with E-state index in [1.54, 1.807) is 6.20 Å². The summed E-state index contributed by atoms with van der Waals surface area (Å²) >= 11 is 0. The van der Waals surface area contributed by atoms with Crippen molar-refractivity contribution in [3.05, 3.63) is 18.2 Å². The average molecular weight is 223 g/mol. The van der Waals surface area contributed by atoms with Crippen LogP contribution in [0.5, 0.6) is 0 Å². The van der Waals surface area contributed by atoms with Crippen LogP contribution in [0.1, 0.15) is 50.4 Å². The summed E-state index contributed by atoms with van der Waals surface area (Å²) in [7, 11) is 0. The van der Waals surface area contributed by atoms with Gasteiger partial charge in [-0.05, 0) is 31.6 Å². The molecule has 16 heavy (non-hydrogen) atoms. The first-order valence-corrected chi connectivity index (χ1v) is 6.10. The Hall–Kier alpha value is -0.870. The number of rotatable bonds is 3. The van der Waals surface area contributed by atoms with Crippen molar-refractivity contribution in [1.29, 1.82) is 0 Å². The molecule has 2 rings (SSSR count). The highest BCUT2D eigenvalue weighted by Gasteiger charge is 2.22. The second-order valence-corrected chi connectivity index (χ2v) is 4.93. The number of aliphatic hydroxyl groups is 1. The summed E-state index contributed by atoms with van der Waals surface area (Å²) in [4.78, 5) is 4.16. The van der Waals surface area contributed by atoms with Crippen LogP contribution in [0.15, 0.2) is 12.5 Å². The van der Waals surface area contributed by atoms with E-state index >= 15 is 0 Å². The first kappa shape index (κ1) is 11.6. The summed E-state index contributed by atoms with van der Waals surface area (Å²) in [6.07, 6.45) is 8.57. The molecule has 0 radical (unpaired) electrons. The lowest BCUT2D eigenvalue weighted by Gasteiger charge is -2.29. The summed E-state index contributed by atoms with van der Waals surface area (Å²) < 4.78 is 2.16. The minimum absolute atomic E-state index is 0.0190. The maximum atomic E-state index is 9.11. The molecule has 4 heteroatoms. The van der Waals surface area contributed by atoms with Gasteiger partial charge in [-0.2, -0.15) is 0 Å². The van der Waals surface area contributed by atoms with Gasteiger partial charge in [0.1, 0.15) is 0 Å². The van der Waals surface area contributed by atoms with Crippen molar-refractivity contribution >= 4 is 0 Å². The Morgan fingerprint density at radius 2 is 2.19 bits per heavy atom. The van der Waals surface area contributed by atoms with E-state index in [0.717, 1.165) is 11.6 Å². The molecule has 1 aromatic rings. The van der Waals surface area contributed by atoms with E-state index in [2.05, 4.69) is 16.5 Å². The molecule has 1 aromatic heterocycles. The highest BCUT2D eigenvalue weighted by atomic mass is 16.3. The van der Waals surface area contributed by atoms with Crippen molar-refractivity contribution < 1.29 is 5.11 Å². The largest absolute Gasteiger partial charge is 0.394 e. The van der Waals surface area contributed by atoms with Crippen LogP contribution in [0.4, 0.5) is 0 Å². The van der Waals surface area contributed by atoms with Gasteiger partial charge in [-0.15, -0.1) is 0 Å². The van der Waals surface area contributed by atoms with Gasteiger partial charge in [0.2, 0.25) is 0 Å². The Balaban J connectivity index is 2.11. The van der Waals surface area contributed by atoms with Crippen molar-refractivity contribution in [3.8, 4) is 0 Å². The molecule has 1 aliphatic carbocycles. The van der Waals surface area contributed by atoms with E-state index in [4.69, 9.17) is 10.8 Å². The maximum Gasteiger partial charge on any atom is 0.0951 e. The van der Waals surface area contributed by atoms with Crippen molar-refractivity contribution in [2.75, 3.05) is 6.61 Å². The van der Waals surface area contributed by atoms with Gasteiger partial charge in [0.15, 0.2) is 0 Å². The van der Waals surface area contributed by atoms with Gasteiger partial charge in [0.05, 0.1) is 24.7 Å². The third-order valence-corrected chi connectivity index (χ3v) is 3.65. The number of hydrogen-bond donors (Lipinski definition) is 2. The number of nitrogens with two attached hydrogens (primary N) is 1. The molecule has 0 saturated heterocycles. The molecular formula is C12H21N3O. The molecule has 1 aliphatic rings. The fraction of sp³-hybridized carbons (Fsp3) is 0.750. The van der Waals surface area contributed by atoms with Crippen LogP contribution in [0.25, 0.3) is 0 Å². The molecule has 0 bridgehead atoms. The van der Waals surface area contributed by atoms with Gasteiger partial charge in [-0.1, -0.05) is 6.92 Å². The van der Waals surface area contributed by atoms with Crippen LogP contribution < -0.4 is 5.73 Å². The molecule has 0 aliphatic heterocycles. The average Bonchev–Trinajstić information content (AvgIpc) is 2.78. The zero-order valence-electron chi connectivity index (χ0n) is 9.84. The fourth-order valence-corrected chi connectivity index (χ4v) is 2.52. The maximum absolute atomic E-state index is 9.11. The minimum Gasteiger partial charge on any atom is -0.394 e. The minimum atomic E-state index is -0.304. The van der Waals surface area contributed by atoms with Crippen molar-refractivity contribution in [2.24, 2.45) is 11.7 Å². The lowest BCUT2D eigenvalue weighted by molar-refractivity contribution is 0.249. The number of aliphatic hydroxyl groups excluding tert-OH is 1. The number of nitrogens with zero attached hydrogens (tertiary/aromatic N) is 2. The SMILES string of the molecule is CC1CCC(n2cncc2C(N)CO)CC1. The van der Waals surface area contributed by atoms with Crippen LogP contribution >= 0.6 is 0 Å². The van der Waals surface area contributed by atoms with Crippen LogP contribution in [0.2, 0.25) is 0 Å². The zero-order chi connectivity index (χ0) is 11.5.